The molecule has 0 saturated carbocycles. The molecule has 0 saturated heterocycles. The summed E-state index contributed by atoms with van der Waals surface area (Å²) in [4.78, 5) is 7.15. The first kappa shape index (κ1) is 12.2. The summed E-state index contributed by atoms with van der Waals surface area (Å²) >= 11 is 7.07. The minimum atomic E-state index is 0.851. The van der Waals surface area contributed by atoms with Crippen molar-refractivity contribution in [1.29, 1.82) is 0 Å². The van der Waals surface area contributed by atoms with E-state index in [1.807, 2.05) is 0 Å². The SMILES string of the molecule is Cc1nc(CNCc2sccc2Br)sc1C. The normalized spacial score (nSPS) is 10.9. The zero-order valence-electron chi connectivity index (χ0n) is 9.21. The maximum atomic E-state index is 4.50. The molecular formula is C11H13BrN2S2. The average Bonchev–Trinajstić information content (AvgIpc) is 2.76. The summed E-state index contributed by atoms with van der Waals surface area (Å²) in [6.45, 7) is 5.93. The van der Waals surface area contributed by atoms with Gasteiger partial charge in [0.15, 0.2) is 0 Å². The van der Waals surface area contributed by atoms with Crippen LogP contribution in [0, 0.1) is 13.8 Å². The van der Waals surface area contributed by atoms with Crippen molar-refractivity contribution >= 4 is 38.6 Å². The fourth-order valence-corrected chi connectivity index (χ4v) is 3.71. The molecule has 0 spiro atoms. The molecule has 0 aromatic carbocycles. The minimum Gasteiger partial charge on any atom is -0.305 e. The topological polar surface area (TPSA) is 24.9 Å². The van der Waals surface area contributed by atoms with Crippen molar-refractivity contribution in [3.63, 3.8) is 0 Å². The van der Waals surface area contributed by atoms with E-state index < -0.39 is 0 Å². The van der Waals surface area contributed by atoms with Gasteiger partial charge in [-0.05, 0) is 41.2 Å². The first-order chi connectivity index (χ1) is 7.66. The number of thiazole rings is 1. The van der Waals surface area contributed by atoms with Crippen LogP contribution in [0.3, 0.4) is 0 Å². The molecule has 0 aliphatic carbocycles. The summed E-state index contributed by atoms with van der Waals surface area (Å²) in [6.07, 6.45) is 0. The molecule has 0 radical (unpaired) electrons. The number of hydrogen-bond acceptors (Lipinski definition) is 4. The van der Waals surface area contributed by atoms with Gasteiger partial charge in [0.25, 0.3) is 0 Å². The lowest BCUT2D eigenvalue weighted by Gasteiger charge is -2.00. The molecular weight excluding hydrogens is 304 g/mol. The number of halogens is 1. The van der Waals surface area contributed by atoms with Gasteiger partial charge in [-0.3, -0.25) is 0 Å². The van der Waals surface area contributed by atoms with Gasteiger partial charge in [-0.25, -0.2) is 4.98 Å². The third-order valence-corrected chi connectivity index (χ3v) is 5.32. The zero-order chi connectivity index (χ0) is 11.5. The molecule has 0 aliphatic heterocycles. The molecule has 0 aliphatic rings. The third kappa shape index (κ3) is 2.91. The van der Waals surface area contributed by atoms with Crippen LogP contribution in [0.2, 0.25) is 0 Å². The Labute approximate surface area is 112 Å². The van der Waals surface area contributed by atoms with E-state index in [-0.39, 0.29) is 0 Å². The van der Waals surface area contributed by atoms with E-state index in [1.54, 1.807) is 22.7 Å². The van der Waals surface area contributed by atoms with Crippen LogP contribution in [-0.2, 0) is 13.1 Å². The minimum absolute atomic E-state index is 0.851. The smallest absolute Gasteiger partial charge is 0.107 e. The number of aryl methyl sites for hydroxylation is 2. The molecule has 5 heteroatoms. The molecule has 0 bridgehead atoms. The number of nitrogens with zero attached hydrogens (tertiary/aromatic N) is 1. The fraction of sp³-hybridized carbons (Fsp3) is 0.364. The van der Waals surface area contributed by atoms with Crippen LogP contribution in [0.4, 0.5) is 0 Å². The monoisotopic (exact) mass is 316 g/mol. The highest BCUT2D eigenvalue weighted by molar-refractivity contribution is 9.10. The molecule has 16 heavy (non-hydrogen) atoms. The van der Waals surface area contributed by atoms with E-state index in [0.29, 0.717) is 0 Å². The summed E-state index contributed by atoms with van der Waals surface area (Å²) < 4.78 is 1.19. The van der Waals surface area contributed by atoms with E-state index in [4.69, 9.17) is 0 Å². The lowest BCUT2D eigenvalue weighted by molar-refractivity contribution is 0.695. The van der Waals surface area contributed by atoms with Crippen molar-refractivity contribution in [2.75, 3.05) is 0 Å². The van der Waals surface area contributed by atoms with Gasteiger partial charge in [0.2, 0.25) is 0 Å². The predicted octanol–water partition coefficient (Wildman–Crippen LogP) is 3.87. The van der Waals surface area contributed by atoms with Gasteiger partial charge in [0, 0.05) is 27.3 Å². The summed E-state index contributed by atoms with van der Waals surface area (Å²) in [6, 6.07) is 2.08. The van der Waals surface area contributed by atoms with E-state index in [2.05, 4.69) is 51.5 Å². The molecule has 2 nitrogen and oxygen atoms in total. The second-order valence-electron chi connectivity index (χ2n) is 3.54. The van der Waals surface area contributed by atoms with E-state index in [9.17, 15) is 0 Å². The van der Waals surface area contributed by atoms with Crippen molar-refractivity contribution in [2.24, 2.45) is 0 Å². The third-order valence-electron chi connectivity index (χ3n) is 2.33. The van der Waals surface area contributed by atoms with E-state index >= 15 is 0 Å². The van der Waals surface area contributed by atoms with Gasteiger partial charge in [-0.1, -0.05) is 0 Å². The Morgan fingerprint density at radius 2 is 2.19 bits per heavy atom. The second kappa shape index (κ2) is 5.40. The molecule has 0 amide bonds. The Morgan fingerprint density at radius 3 is 2.75 bits per heavy atom. The van der Waals surface area contributed by atoms with Crippen LogP contribution < -0.4 is 5.32 Å². The Morgan fingerprint density at radius 1 is 1.38 bits per heavy atom. The number of rotatable bonds is 4. The molecule has 2 rings (SSSR count). The van der Waals surface area contributed by atoms with Crippen LogP contribution in [0.15, 0.2) is 15.9 Å². The zero-order valence-corrected chi connectivity index (χ0v) is 12.4. The molecule has 2 aromatic heterocycles. The summed E-state index contributed by atoms with van der Waals surface area (Å²) in [5.41, 5.74) is 1.15. The predicted molar refractivity (Wildman–Crippen MR) is 74.2 cm³/mol. The van der Waals surface area contributed by atoms with Crippen molar-refractivity contribution in [1.82, 2.24) is 10.3 Å². The number of thiophene rings is 1. The maximum absolute atomic E-state index is 4.50. The lowest BCUT2D eigenvalue weighted by Crippen LogP contribution is -2.11. The van der Waals surface area contributed by atoms with E-state index in [1.165, 1.54) is 19.2 Å². The molecule has 2 heterocycles. The van der Waals surface area contributed by atoms with Crippen LogP contribution in [0.1, 0.15) is 20.5 Å². The van der Waals surface area contributed by atoms with Gasteiger partial charge in [0.1, 0.15) is 5.01 Å². The first-order valence-corrected chi connectivity index (χ1v) is 7.51. The molecule has 0 unspecified atom stereocenters. The van der Waals surface area contributed by atoms with E-state index in [0.717, 1.165) is 18.8 Å². The summed E-state index contributed by atoms with van der Waals surface area (Å²) in [5, 5.41) is 6.68. The molecule has 1 N–H and O–H groups in total. The number of nitrogens with one attached hydrogen (secondary N) is 1. The van der Waals surface area contributed by atoms with Gasteiger partial charge < -0.3 is 5.32 Å². The first-order valence-electron chi connectivity index (χ1n) is 5.02. The van der Waals surface area contributed by atoms with Gasteiger partial charge in [-0.2, -0.15) is 0 Å². The highest BCUT2D eigenvalue weighted by atomic mass is 79.9. The molecule has 0 atom stereocenters. The standard InChI is InChI=1S/C11H13BrN2S2/c1-7-8(2)16-11(14-7)6-13-5-10-9(12)3-4-15-10/h3-4,13H,5-6H2,1-2H3. The van der Waals surface area contributed by atoms with Gasteiger partial charge in [-0.15, -0.1) is 22.7 Å². The Bertz CT molecular complexity index is 457. The van der Waals surface area contributed by atoms with Crippen molar-refractivity contribution in [3.8, 4) is 0 Å². The number of hydrogen-bond donors (Lipinski definition) is 1. The molecule has 86 valence electrons. The van der Waals surface area contributed by atoms with Crippen molar-refractivity contribution in [3.05, 3.63) is 36.4 Å². The molecule has 2 aromatic rings. The van der Waals surface area contributed by atoms with Gasteiger partial charge >= 0.3 is 0 Å². The second-order valence-corrected chi connectivity index (χ2v) is 6.69. The Kier molecular flexibility index (Phi) is 4.13. The van der Waals surface area contributed by atoms with Crippen LogP contribution in [0.25, 0.3) is 0 Å². The van der Waals surface area contributed by atoms with Crippen LogP contribution in [0.5, 0.6) is 0 Å². The number of aromatic nitrogens is 1. The Balaban J connectivity index is 1.87. The highest BCUT2D eigenvalue weighted by Crippen LogP contribution is 2.22. The summed E-state index contributed by atoms with van der Waals surface area (Å²) in [7, 11) is 0. The van der Waals surface area contributed by atoms with Crippen molar-refractivity contribution < 1.29 is 0 Å². The van der Waals surface area contributed by atoms with Crippen LogP contribution >= 0.6 is 38.6 Å². The van der Waals surface area contributed by atoms with Crippen molar-refractivity contribution in [2.45, 2.75) is 26.9 Å². The average molecular weight is 317 g/mol. The lowest BCUT2D eigenvalue weighted by atomic mass is 10.4. The summed E-state index contributed by atoms with van der Waals surface area (Å²) in [5.74, 6) is 0. The van der Waals surface area contributed by atoms with Crippen LogP contribution in [-0.4, -0.2) is 4.98 Å². The fourth-order valence-electron chi connectivity index (χ4n) is 1.35. The highest BCUT2D eigenvalue weighted by Gasteiger charge is 2.04. The quantitative estimate of drug-likeness (QED) is 0.926. The Hall–Kier alpha value is -0.230. The largest absolute Gasteiger partial charge is 0.305 e. The molecule has 0 fully saturated rings. The maximum Gasteiger partial charge on any atom is 0.107 e. The van der Waals surface area contributed by atoms with Gasteiger partial charge in [0.05, 0.1) is 5.69 Å².